The van der Waals surface area contributed by atoms with Crippen LogP contribution in [0.2, 0.25) is 0 Å². The van der Waals surface area contributed by atoms with Crippen molar-refractivity contribution >= 4 is 11.3 Å². The third kappa shape index (κ3) is 5.44. The van der Waals surface area contributed by atoms with Crippen LogP contribution in [-0.2, 0) is 12.3 Å². The molecule has 1 N–H and O–H groups in total. The first-order valence-corrected chi connectivity index (χ1v) is 12.4. The fourth-order valence-electron chi connectivity index (χ4n) is 4.45. The molecule has 0 saturated heterocycles. The van der Waals surface area contributed by atoms with E-state index in [9.17, 15) is 13.2 Å². The fraction of sp³-hybridized carbons (Fsp3) is 0.357. The van der Waals surface area contributed by atoms with Crippen molar-refractivity contribution in [2.45, 2.75) is 44.7 Å². The van der Waals surface area contributed by atoms with Crippen LogP contribution in [0.1, 0.15) is 41.6 Å². The number of alkyl halides is 5. The Morgan fingerprint density at radius 2 is 1.76 bits per heavy atom. The molecule has 0 atom stereocenters. The molecule has 5 rings (SSSR count). The van der Waals surface area contributed by atoms with Gasteiger partial charge in [0.05, 0.1) is 31.1 Å². The van der Waals surface area contributed by atoms with Crippen molar-refractivity contribution in [1.82, 2.24) is 14.6 Å². The Morgan fingerprint density at radius 1 is 1.03 bits per heavy atom. The Labute approximate surface area is 216 Å². The number of halogens is 5. The fourth-order valence-corrected chi connectivity index (χ4v) is 4.45. The first kappa shape index (κ1) is 25.9. The van der Waals surface area contributed by atoms with Gasteiger partial charge in [0.15, 0.2) is 5.65 Å². The molecule has 5 nitrogen and oxygen atoms in total. The summed E-state index contributed by atoms with van der Waals surface area (Å²) in [5.41, 5.74) is 2.77. The van der Waals surface area contributed by atoms with Crippen LogP contribution in [0.4, 0.5) is 27.6 Å². The van der Waals surface area contributed by atoms with E-state index in [4.69, 9.17) is 4.74 Å². The topological polar surface area (TPSA) is 51.5 Å². The quantitative estimate of drug-likeness (QED) is 0.233. The maximum Gasteiger partial charge on any atom is 0.390 e. The highest BCUT2D eigenvalue weighted by Crippen LogP contribution is 2.38. The molecule has 1 fully saturated rings. The second kappa shape index (κ2) is 9.89. The molecular formula is C28H27F5N4O. The van der Waals surface area contributed by atoms with Crippen LogP contribution in [0.25, 0.3) is 16.9 Å². The summed E-state index contributed by atoms with van der Waals surface area (Å²) in [6, 6.07) is 12.3. The van der Waals surface area contributed by atoms with Gasteiger partial charge in [0, 0.05) is 17.7 Å². The molecule has 2 heterocycles. The van der Waals surface area contributed by atoms with Gasteiger partial charge in [0.2, 0.25) is 0 Å². The van der Waals surface area contributed by atoms with Crippen molar-refractivity contribution in [1.29, 1.82) is 0 Å². The van der Waals surface area contributed by atoms with E-state index < -0.39 is 30.8 Å². The monoisotopic (exact) mass is 530 g/mol. The van der Waals surface area contributed by atoms with Crippen molar-refractivity contribution in [3.63, 3.8) is 0 Å². The predicted molar refractivity (Wildman–Crippen MR) is 135 cm³/mol. The Balaban J connectivity index is 1.58. The Bertz CT molecular complexity index is 1440. The van der Waals surface area contributed by atoms with E-state index in [0.29, 0.717) is 17.4 Å². The van der Waals surface area contributed by atoms with Gasteiger partial charge in [-0.15, -0.1) is 0 Å². The highest BCUT2D eigenvalue weighted by molar-refractivity contribution is 5.73. The van der Waals surface area contributed by atoms with E-state index in [0.717, 1.165) is 23.6 Å². The van der Waals surface area contributed by atoms with Gasteiger partial charge in [0.25, 0.3) is 0 Å². The number of anilines is 1. The van der Waals surface area contributed by atoms with Crippen molar-refractivity contribution in [2.75, 3.05) is 19.0 Å². The number of imidazole rings is 1. The minimum absolute atomic E-state index is 0.0424. The summed E-state index contributed by atoms with van der Waals surface area (Å²) in [4.78, 5) is 4.33. The van der Waals surface area contributed by atoms with Crippen LogP contribution in [0.3, 0.4) is 0 Å². The van der Waals surface area contributed by atoms with E-state index in [1.165, 1.54) is 60.5 Å². The first-order chi connectivity index (χ1) is 18.0. The molecule has 4 aromatic rings. The zero-order valence-electron chi connectivity index (χ0n) is 20.9. The summed E-state index contributed by atoms with van der Waals surface area (Å²) in [6.07, 6.45) is -0.556. The number of aryl methyl sites for hydroxylation is 1. The lowest BCUT2D eigenvalue weighted by atomic mass is 9.99. The lowest BCUT2D eigenvalue weighted by Crippen LogP contribution is -2.20. The number of benzene rings is 2. The zero-order valence-corrected chi connectivity index (χ0v) is 20.9. The minimum atomic E-state index is -4.40. The molecule has 0 radical (unpaired) electrons. The van der Waals surface area contributed by atoms with E-state index in [1.807, 2.05) is 25.1 Å². The number of nitrogens with zero attached hydrogens (tertiary/aromatic N) is 3. The van der Waals surface area contributed by atoms with Crippen molar-refractivity contribution < 1.29 is 26.7 Å². The molecule has 0 spiro atoms. The molecule has 10 heteroatoms. The molecule has 1 aliphatic rings. The zero-order chi connectivity index (χ0) is 27.1. The Morgan fingerprint density at radius 3 is 2.39 bits per heavy atom. The number of hydrogen-bond acceptors (Lipinski definition) is 4. The number of nitrogens with one attached hydrogen (secondary N) is 1. The van der Waals surface area contributed by atoms with E-state index in [2.05, 4.69) is 15.4 Å². The normalized spacial score (nSPS) is 14.2. The van der Waals surface area contributed by atoms with Crippen LogP contribution in [0.15, 0.2) is 54.7 Å². The SMILES string of the molecule is COc1ccc(C(F)(F)c2cc(NCCC(F)(F)F)c3ncc(-c4ccc(CC5CC5)c(C)c4)n3n2)cc1. The number of rotatable bonds is 9. The van der Waals surface area contributed by atoms with Crippen molar-refractivity contribution in [3.05, 3.63) is 77.1 Å². The molecule has 2 aromatic carbocycles. The van der Waals surface area contributed by atoms with Crippen LogP contribution in [0.5, 0.6) is 5.75 Å². The predicted octanol–water partition coefficient (Wildman–Crippen LogP) is 7.17. The first-order valence-electron chi connectivity index (χ1n) is 12.4. The number of fused-ring (bicyclic) bond motifs is 1. The van der Waals surface area contributed by atoms with Gasteiger partial charge in [-0.25, -0.2) is 9.50 Å². The summed E-state index contributed by atoms with van der Waals surface area (Å²) in [6.45, 7) is 1.51. The molecular weight excluding hydrogens is 503 g/mol. The number of hydrogen-bond donors (Lipinski definition) is 1. The van der Waals surface area contributed by atoms with E-state index in [-0.39, 0.29) is 16.9 Å². The Hall–Kier alpha value is -3.69. The molecule has 0 unspecified atom stereocenters. The van der Waals surface area contributed by atoms with Gasteiger partial charge in [-0.2, -0.15) is 27.1 Å². The van der Waals surface area contributed by atoms with Gasteiger partial charge in [0.1, 0.15) is 11.4 Å². The lowest BCUT2D eigenvalue weighted by Gasteiger charge is -2.19. The number of methoxy groups -OCH3 is 1. The van der Waals surface area contributed by atoms with E-state index >= 15 is 8.78 Å². The minimum Gasteiger partial charge on any atom is -0.497 e. The third-order valence-corrected chi connectivity index (χ3v) is 6.81. The van der Waals surface area contributed by atoms with Crippen molar-refractivity contribution in [3.8, 4) is 17.0 Å². The van der Waals surface area contributed by atoms with Crippen LogP contribution >= 0.6 is 0 Å². The van der Waals surface area contributed by atoms with E-state index in [1.54, 1.807) is 0 Å². The third-order valence-electron chi connectivity index (χ3n) is 6.81. The maximum absolute atomic E-state index is 15.7. The van der Waals surface area contributed by atoms with Crippen LogP contribution in [-0.4, -0.2) is 34.4 Å². The van der Waals surface area contributed by atoms with Gasteiger partial charge < -0.3 is 10.1 Å². The highest BCUT2D eigenvalue weighted by atomic mass is 19.4. The van der Waals surface area contributed by atoms with Gasteiger partial charge in [-0.1, -0.05) is 12.1 Å². The molecule has 200 valence electrons. The number of ether oxygens (including phenoxy) is 1. The summed E-state index contributed by atoms with van der Waals surface area (Å²) in [7, 11) is 1.43. The second-order valence-electron chi connectivity index (χ2n) is 9.71. The smallest absolute Gasteiger partial charge is 0.390 e. The lowest BCUT2D eigenvalue weighted by molar-refractivity contribution is -0.131. The summed E-state index contributed by atoms with van der Waals surface area (Å²) >= 11 is 0. The van der Waals surface area contributed by atoms with Gasteiger partial charge in [-0.3, -0.25) is 0 Å². The summed E-state index contributed by atoms with van der Waals surface area (Å²) in [5.74, 6) is -2.41. The standard InChI is InChI=1S/C28H27F5N4O/c1-17-13-20(6-5-19(17)14-18-3-4-18)24-16-35-26-23(34-12-11-27(29,30)31)15-25(36-37(24)26)28(32,33)21-7-9-22(38-2)10-8-21/h5-10,13,15-16,18,34H,3-4,11-12,14H2,1-2H3. The molecule has 2 aromatic heterocycles. The van der Waals surface area contributed by atoms with Gasteiger partial charge >= 0.3 is 12.1 Å². The highest BCUT2D eigenvalue weighted by Gasteiger charge is 2.37. The Kier molecular flexibility index (Phi) is 6.75. The largest absolute Gasteiger partial charge is 0.497 e. The molecule has 1 saturated carbocycles. The average molecular weight is 531 g/mol. The molecule has 38 heavy (non-hydrogen) atoms. The average Bonchev–Trinajstić information content (AvgIpc) is 3.59. The maximum atomic E-state index is 15.7. The van der Waals surface area contributed by atoms with Crippen LogP contribution < -0.4 is 10.1 Å². The molecule has 0 aliphatic heterocycles. The second-order valence-corrected chi connectivity index (χ2v) is 9.71. The summed E-state index contributed by atoms with van der Waals surface area (Å²) in [5, 5.41) is 6.88. The van der Waals surface area contributed by atoms with Crippen molar-refractivity contribution in [2.24, 2.45) is 5.92 Å². The number of aromatic nitrogens is 3. The van der Waals surface area contributed by atoms with Crippen LogP contribution in [0, 0.1) is 12.8 Å². The summed E-state index contributed by atoms with van der Waals surface area (Å²) < 4.78 is 76.1. The molecule has 0 amide bonds. The molecule has 1 aliphatic carbocycles. The van der Waals surface area contributed by atoms with Gasteiger partial charge in [-0.05, 0) is 79.6 Å². The molecule has 0 bridgehead atoms.